The van der Waals surface area contributed by atoms with Gasteiger partial charge in [-0.1, -0.05) is 24.0 Å². The zero-order valence-corrected chi connectivity index (χ0v) is 12.8. The molecule has 2 aliphatic rings. The second-order valence-corrected chi connectivity index (χ2v) is 8.43. The summed E-state index contributed by atoms with van der Waals surface area (Å²) < 4.78 is 23.2. The van der Waals surface area contributed by atoms with Gasteiger partial charge in [0.1, 0.15) is 10.9 Å². The molecular weight excluding hydrogens is 308 g/mol. The van der Waals surface area contributed by atoms with Crippen LogP contribution in [0.4, 0.5) is 0 Å². The van der Waals surface area contributed by atoms with E-state index in [4.69, 9.17) is 12.2 Å². The highest BCUT2D eigenvalue weighted by Crippen LogP contribution is 2.20. The van der Waals surface area contributed by atoms with Crippen molar-refractivity contribution in [2.75, 3.05) is 30.9 Å². The summed E-state index contributed by atoms with van der Waals surface area (Å²) in [7, 11) is -1.45. The molecule has 2 rings (SSSR count). The Bertz CT molecular complexity index is 515. The number of carbonyl (C=O) groups excluding carboxylic acids is 2. The van der Waals surface area contributed by atoms with Gasteiger partial charge in [-0.05, 0) is 6.42 Å². The summed E-state index contributed by atoms with van der Waals surface area (Å²) in [6.07, 6.45) is 0.456. The molecule has 0 bridgehead atoms. The van der Waals surface area contributed by atoms with Crippen LogP contribution >= 0.6 is 24.0 Å². The van der Waals surface area contributed by atoms with Crippen LogP contribution in [0.1, 0.15) is 6.42 Å². The molecule has 2 amide bonds. The van der Waals surface area contributed by atoms with E-state index in [-0.39, 0.29) is 41.7 Å². The topological polar surface area (TPSA) is 74.8 Å². The molecule has 0 aromatic heterocycles. The number of amides is 2. The minimum absolute atomic E-state index is 0.00236. The number of hydrogen-bond donors (Lipinski definition) is 0. The van der Waals surface area contributed by atoms with Crippen molar-refractivity contribution < 1.29 is 18.0 Å². The van der Waals surface area contributed by atoms with Gasteiger partial charge in [-0.15, -0.1) is 0 Å². The summed E-state index contributed by atoms with van der Waals surface area (Å²) in [5.74, 6) is -0.0570. The number of thiocarbonyl (C=S) groups is 1. The maximum absolute atomic E-state index is 12.1. The molecule has 0 saturated carbocycles. The number of rotatable bonds is 3. The van der Waals surface area contributed by atoms with E-state index >= 15 is 0 Å². The monoisotopic (exact) mass is 322 g/mol. The van der Waals surface area contributed by atoms with Crippen molar-refractivity contribution >= 4 is 50.0 Å². The van der Waals surface area contributed by atoms with Crippen molar-refractivity contribution in [3.63, 3.8) is 0 Å². The summed E-state index contributed by atoms with van der Waals surface area (Å²) >= 11 is 6.24. The molecule has 0 spiro atoms. The van der Waals surface area contributed by atoms with Crippen LogP contribution in [0.15, 0.2) is 0 Å². The molecule has 19 heavy (non-hydrogen) atoms. The molecule has 2 fully saturated rings. The Morgan fingerprint density at radius 2 is 2.26 bits per heavy atom. The molecule has 6 nitrogen and oxygen atoms in total. The maximum Gasteiger partial charge on any atom is 0.242 e. The second-order valence-electron chi connectivity index (χ2n) is 4.60. The summed E-state index contributed by atoms with van der Waals surface area (Å²) in [5.41, 5.74) is 0. The van der Waals surface area contributed by atoms with E-state index in [0.717, 1.165) is 0 Å². The zero-order chi connectivity index (χ0) is 14.2. The predicted molar refractivity (Wildman–Crippen MR) is 76.6 cm³/mol. The van der Waals surface area contributed by atoms with Crippen LogP contribution in [0.3, 0.4) is 0 Å². The number of thioether (sulfide) groups is 1. The first kappa shape index (κ1) is 14.7. The zero-order valence-electron chi connectivity index (χ0n) is 10.4. The normalized spacial score (nSPS) is 25.9. The van der Waals surface area contributed by atoms with Gasteiger partial charge in [-0.25, -0.2) is 8.42 Å². The Labute approximate surface area is 121 Å². The third-order valence-electron chi connectivity index (χ3n) is 3.28. The fourth-order valence-electron chi connectivity index (χ4n) is 2.07. The number of hydrogen-bond acceptors (Lipinski definition) is 6. The minimum Gasteiger partial charge on any atom is -0.340 e. The molecule has 0 radical (unpaired) electrons. The minimum atomic E-state index is -3.03. The van der Waals surface area contributed by atoms with Crippen molar-refractivity contribution in [3.05, 3.63) is 0 Å². The lowest BCUT2D eigenvalue weighted by molar-refractivity contribution is -0.136. The molecule has 2 heterocycles. The van der Waals surface area contributed by atoms with Crippen molar-refractivity contribution in [2.24, 2.45) is 0 Å². The molecule has 1 unspecified atom stereocenters. The lowest BCUT2D eigenvalue weighted by Gasteiger charge is -2.25. The molecule has 1 atom stereocenters. The summed E-state index contributed by atoms with van der Waals surface area (Å²) in [6.45, 7) is -0.0995. The van der Waals surface area contributed by atoms with Crippen LogP contribution < -0.4 is 0 Å². The van der Waals surface area contributed by atoms with Gasteiger partial charge < -0.3 is 4.90 Å². The Hall–Kier alpha value is -0.670. The first-order valence-electron chi connectivity index (χ1n) is 5.73. The average Bonchev–Trinajstić information content (AvgIpc) is 2.84. The summed E-state index contributed by atoms with van der Waals surface area (Å²) in [5, 5.41) is 0. The first-order valence-corrected chi connectivity index (χ1v) is 8.95. The molecule has 0 aromatic carbocycles. The van der Waals surface area contributed by atoms with E-state index in [2.05, 4.69) is 0 Å². The Morgan fingerprint density at radius 3 is 2.74 bits per heavy atom. The van der Waals surface area contributed by atoms with Gasteiger partial charge in [-0.3, -0.25) is 14.5 Å². The molecule has 2 aliphatic heterocycles. The van der Waals surface area contributed by atoms with Crippen molar-refractivity contribution in [2.45, 2.75) is 12.5 Å². The van der Waals surface area contributed by atoms with Gasteiger partial charge in [-0.2, -0.15) is 0 Å². The van der Waals surface area contributed by atoms with E-state index in [9.17, 15) is 18.0 Å². The van der Waals surface area contributed by atoms with E-state index in [1.165, 1.54) is 21.6 Å². The fraction of sp³-hybridized carbons (Fsp3) is 0.700. The molecule has 0 aromatic rings. The molecule has 9 heteroatoms. The van der Waals surface area contributed by atoms with Crippen LogP contribution in [0.5, 0.6) is 0 Å². The van der Waals surface area contributed by atoms with Crippen LogP contribution in [-0.4, -0.2) is 71.2 Å². The molecular formula is C10H14N2O4S3. The second kappa shape index (κ2) is 5.37. The SMILES string of the molecule is CN(C(=O)CN1C(=O)CSC1=S)C1CCS(=O)(=O)C1. The Balaban J connectivity index is 1.97. The largest absolute Gasteiger partial charge is 0.340 e. The van der Waals surface area contributed by atoms with Gasteiger partial charge in [0.05, 0.1) is 17.3 Å². The predicted octanol–water partition coefficient (Wildman–Crippen LogP) is -0.508. The Morgan fingerprint density at radius 1 is 1.58 bits per heavy atom. The lowest BCUT2D eigenvalue weighted by Crippen LogP contribution is -2.45. The van der Waals surface area contributed by atoms with Crippen molar-refractivity contribution in [1.29, 1.82) is 0 Å². The summed E-state index contributed by atoms with van der Waals surface area (Å²) in [4.78, 5) is 26.3. The van der Waals surface area contributed by atoms with Gasteiger partial charge in [0.15, 0.2) is 9.84 Å². The number of sulfone groups is 1. The third-order valence-corrected chi connectivity index (χ3v) is 6.47. The quantitative estimate of drug-likeness (QED) is 0.652. The number of nitrogens with zero attached hydrogens (tertiary/aromatic N) is 2. The number of carbonyl (C=O) groups is 2. The summed E-state index contributed by atoms with van der Waals surface area (Å²) in [6, 6.07) is -0.295. The smallest absolute Gasteiger partial charge is 0.242 e. The van der Waals surface area contributed by atoms with Crippen molar-refractivity contribution in [1.82, 2.24) is 9.80 Å². The van der Waals surface area contributed by atoms with Crippen LogP contribution in [0.25, 0.3) is 0 Å². The van der Waals surface area contributed by atoms with E-state index in [1.807, 2.05) is 0 Å². The maximum atomic E-state index is 12.1. The van der Waals surface area contributed by atoms with E-state index in [0.29, 0.717) is 10.7 Å². The van der Waals surface area contributed by atoms with Crippen LogP contribution in [0, 0.1) is 0 Å². The molecule has 0 N–H and O–H groups in total. The lowest BCUT2D eigenvalue weighted by atomic mass is 10.2. The van der Waals surface area contributed by atoms with E-state index < -0.39 is 9.84 Å². The molecule has 2 saturated heterocycles. The van der Waals surface area contributed by atoms with Gasteiger partial charge in [0, 0.05) is 13.1 Å². The highest BCUT2D eigenvalue weighted by Gasteiger charge is 2.35. The highest BCUT2D eigenvalue weighted by atomic mass is 32.2. The Kier molecular flexibility index (Phi) is 4.17. The first-order chi connectivity index (χ1) is 8.80. The molecule has 106 valence electrons. The molecule has 0 aliphatic carbocycles. The number of likely N-dealkylation sites (N-methyl/N-ethyl adjacent to an activating group) is 1. The van der Waals surface area contributed by atoms with Crippen LogP contribution in [0.2, 0.25) is 0 Å². The van der Waals surface area contributed by atoms with Gasteiger partial charge >= 0.3 is 0 Å². The average molecular weight is 322 g/mol. The van der Waals surface area contributed by atoms with Crippen molar-refractivity contribution in [3.8, 4) is 0 Å². The van der Waals surface area contributed by atoms with Gasteiger partial charge in [0.25, 0.3) is 0 Å². The van der Waals surface area contributed by atoms with E-state index in [1.54, 1.807) is 7.05 Å². The third kappa shape index (κ3) is 3.26. The highest BCUT2D eigenvalue weighted by molar-refractivity contribution is 8.23. The van der Waals surface area contributed by atoms with Crippen LogP contribution in [-0.2, 0) is 19.4 Å². The fourth-order valence-corrected chi connectivity index (χ4v) is 4.91. The standard InChI is InChI=1S/C10H14N2O4S3/c1-11(7-2-3-19(15,16)6-7)8(13)4-12-9(14)5-18-10(12)17/h7H,2-6H2,1H3. The van der Waals surface area contributed by atoms with Gasteiger partial charge in [0.2, 0.25) is 11.8 Å².